The maximum atomic E-state index is 12.4. The number of pyridine rings is 1. The molecule has 1 aromatic rings. The number of aromatic nitrogens is 1. The maximum absolute atomic E-state index is 12.4. The van der Waals surface area contributed by atoms with Crippen molar-refractivity contribution in [2.75, 3.05) is 0 Å². The van der Waals surface area contributed by atoms with Gasteiger partial charge in [-0.15, -0.1) is 0 Å². The van der Waals surface area contributed by atoms with Crippen LogP contribution in [0.15, 0.2) is 6.07 Å². The summed E-state index contributed by atoms with van der Waals surface area (Å²) in [7, 11) is 0. The summed E-state index contributed by atoms with van der Waals surface area (Å²) in [6, 6.07) is 1.04. The van der Waals surface area contributed by atoms with Crippen molar-refractivity contribution >= 4 is 0 Å². The van der Waals surface area contributed by atoms with Crippen LogP contribution in [-0.2, 0) is 12.4 Å². The van der Waals surface area contributed by atoms with Gasteiger partial charge in [0.1, 0.15) is 11.8 Å². The number of hydrogen-bond acceptors (Lipinski definition) is 2. The van der Waals surface area contributed by atoms with E-state index in [9.17, 15) is 26.3 Å². The molecule has 0 saturated carbocycles. The Morgan fingerprint density at radius 1 is 1.12 bits per heavy atom. The summed E-state index contributed by atoms with van der Waals surface area (Å²) in [6.45, 7) is 0.920. The summed E-state index contributed by atoms with van der Waals surface area (Å²) >= 11 is 0. The van der Waals surface area contributed by atoms with Crippen LogP contribution in [0.2, 0.25) is 0 Å². The van der Waals surface area contributed by atoms with Gasteiger partial charge in [-0.05, 0) is 13.0 Å². The molecule has 0 fully saturated rings. The molecule has 0 atom stereocenters. The van der Waals surface area contributed by atoms with Crippen LogP contribution in [0.4, 0.5) is 26.3 Å². The first-order valence-electron chi connectivity index (χ1n) is 4.13. The van der Waals surface area contributed by atoms with E-state index in [1.807, 2.05) is 0 Å². The van der Waals surface area contributed by atoms with Crippen LogP contribution >= 0.6 is 0 Å². The highest BCUT2D eigenvalue weighted by Gasteiger charge is 2.40. The number of nitriles is 1. The molecule has 0 aliphatic rings. The van der Waals surface area contributed by atoms with Gasteiger partial charge in [-0.25, -0.2) is 4.98 Å². The minimum atomic E-state index is -5.03. The van der Waals surface area contributed by atoms with Crippen molar-refractivity contribution in [2.24, 2.45) is 0 Å². The average molecular weight is 254 g/mol. The molecule has 17 heavy (non-hydrogen) atoms. The normalized spacial score (nSPS) is 12.4. The van der Waals surface area contributed by atoms with Crippen molar-refractivity contribution in [3.05, 3.63) is 28.6 Å². The first-order valence-corrected chi connectivity index (χ1v) is 4.13. The van der Waals surface area contributed by atoms with E-state index in [2.05, 4.69) is 4.98 Å². The molecule has 0 aromatic carbocycles. The van der Waals surface area contributed by atoms with Crippen LogP contribution in [0.25, 0.3) is 0 Å². The fraction of sp³-hybridized carbons (Fsp3) is 0.333. The summed E-state index contributed by atoms with van der Waals surface area (Å²) in [5, 5.41) is 8.49. The molecule has 8 heteroatoms. The van der Waals surface area contributed by atoms with Gasteiger partial charge in [0.15, 0.2) is 0 Å². The average Bonchev–Trinajstić information content (AvgIpc) is 2.13. The van der Waals surface area contributed by atoms with E-state index in [0.717, 1.165) is 6.92 Å². The Bertz CT molecular complexity index is 480. The molecule has 92 valence electrons. The molecule has 0 radical (unpaired) electrons. The van der Waals surface area contributed by atoms with E-state index in [-0.39, 0.29) is 6.07 Å². The molecule has 0 aliphatic carbocycles. The molecule has 1 heterocycles. The smallest absolute Gasteiger partial charge is 0.247 e. The number of nitrogens with zero attached hydrogens (tertiary/aromatic N) is 2. The lowest BCUT2D eigenvalue weighted by molar-refractivity contribution is -0.145. The molecule has 0 amide bonds. The molecule has 0 N–H and O–H groups in total. The van der Waals surface area contributed by atoms with Gasteiger partial charge in [0.25, 0.3) is 0 Å². The van der Waals surface area contributed by atoms with Crippen molar-refractivity contribution in [1.29, 1.82) is 5.26 Å². The van der Waals surface area contributed by atoms with Gasteiger partial charge in [0.2, 0.25) is 0 Å². The molecule has 0 bridgehead atoms. The minimum Gasteiger partial charge on any atom is -0.247 e. The van der Waals surface area contributed by atoms with Crippen LogP contribution in [0.3, 0.4) is 0 Å². The molecular weight excluding hydrogens is 250 g/mol. The predicted octanol–water partition coefficient (Wildman–Crippen LogP) is 3.30. The molecule has 0 spiro atoms. The third-order valence-corrected chi connectivity index (χ3v) is 1.91. The molecule has 0 unspecified atom stereocenters. The minimum absolute atomic E-state index is 0.161. The van der Waals surface area contributed by atoms with Gasteiger partial charge in [0, 0.05) is 0 Å². The van der Waals surface area contributed by atoms with Gasteiger partial charge < -0.3 is 0 Å². The van der Waals surface area contributed by atoms with E-state index in [1.54, 1.807) is 0 Å². The van der Waals surface area contributed by atoms with Crippen LogP contribution < -0.4 is 0 Å². The summed E-state index contributed by atoms with van der Waals surface area (Å²) in [6.07, 6.45) is -10.0. The summed E-state index contributed by atoms with van der Waals surface area (Å²) in [4.78, 5) is 2.94. The van der Waals surface area contributed by atoms with Gasteiger partial charge >= 0.3 is 12.4 Å². The predicted molar refractivity (Wildman–Crippen MR) is 43.7 cm³/mol. The number of hydrogen-bond donors (Lipinski definition) is 0. The Kier molecular flexibility index (Phi) is 3.05. The number of aryl methyl sites for hydroxylation is 1. The molecular formula is C9H4F6N2. The van der Waals surface area contributed by atoms with Gasteiger partial charge in [-0.3, -0.25) is 0 Å². The second kappa shape index (κ2) is 3.91. The van der Waals surface area contributed by atoms with Crippen LogP contribution in [-0.4, -0.2) is 4.98 Å². The van der Waals surface area contributed by atoms with E-state index >= 15 is 0 Å². The first kappa shape index (κ1) is 13.3. The number of halogens is 6. The molecule has 0 aliphatic heterocycles. The van der Waals surface area contributed by atoms with Crippen molar-refractivity contribution < 1.29 is 26.3 Å². The standard InChI is InChI=1S/C9H4F6N2/c1-4-5(3-16)6(8(10,11)12)2-7(17-4)9(13,14)15/h2H,1H3. The van der Waals surface area contributed by atoms with E-state index < -0.39 is 34.9 Å². The lowest BCUT2D eigenvalue weighted by atomic mass is 10.1. The van der Waals surface area contributed by atoms with Gasteiger partial charge in [0.05, 0.1) is 16.8 Å². The third-order valence-electron chi connectivity index (χ3n) is 1.91. The monoisotopic (exact) mass is 254 g/mol. The maximum Gasteiger partial charge on any atom is 0.433 e. The van der Waals surface area contributed by atoms with Crippen LogP contribution in [0.1, 0.15) is 22.5 Å². The number of rotatable bonds is 0. The molecule has 1 rings (SSSR count). The van der Waals surface area contributed by atoms with E-state index in [0.29, 0.717) is 0 Å². The van der Waals surface area contributed by atoms with Gasteiger partial charge in [-0.1, -0.05) is 0 Å². The summed E-state index contributed by atoms with van der Waals surface area (Å²) in [5.74, 6) is 0. The Balaban J connectivity index is 3.58. The number of alkyl halides is 6. The fourth-order valence-corrected chi connectivity index (χ4v) is 1.18. The lowest BCUT2D eigenvalue weighted by Gasteiger charge is -2.13. The Morgan fingerprint density at radius 2 is 1.65 bits per heavy atom. The second-order valence-electron chi connectivity index (χ2n) is 3.12. The topological polar surface area (TPSA) is 36.7 Å². The van der Waals surface area contributed by atoms with Crippen molar-refractivity contribution in [2.45, 2.75) is 19.3 Å². The van der Waals surface area contributed by atoms with Gasteiger partial charge in [-0.2, -0.15) is 31.6 Å². The van der Waals surface area contributed by atoms with E-state index in [1.165, 1.54) is 6.07 Å². The zero-order chi connectivity index (χ0) is 13.4. The summed E-state index contributed by atoms with van der Waals surface area (Å²) < 4.78 is 74.1. The Labute approximate surface area is 91.5 Å². The largest absolute Gasteiger partial charge is 0.433 e. The SMILES string of the molecule is Cc1nc(C(F)(F)F)cc(C(F)(F)F)c1C#N. The zero-order valence-corrected chi connectivity index (χ0v) is 8.24. The first-order chi connectivity index (χ1) is 7.57. The van der Waals surface area contributed by atoms with Crippen molar-refractivity contribution in [3.63, 3.8) is 0 Å². The van der Waals surface area contributed by atoms with Crippen LogP contribution in [0.5, 0.6) is 0 Å². The lowest BCUT2D eigenvalue weighted by Crippen LogP contribution is -2.16. The Hall–Kier alpha value is -1.78. The van der Waals surface area contributed by atoms with Crippen molar-refractivity contribution in [3.8, 4) is 6.07 Å². The highest BCUT2D eigenvalue weighted by Crippen LogP contribution is 2.36. The highest BCUT2D eigenvalue weighted by atomic mass is 19.4. The highest BCUT2D eigenvalue weighted by molar-refractivity contribution is 5.43. The van der Waals surface area contributed by atoms with E-state index in [4.69, 9.17) is 5.26 Å². The second-order valence-corrected chi connectivity index (χ2v) is 3.12. The summed E-state index contributed by atoms with van der Waals surface area (Å²) in [5.41, 5.74) is -4.79. The zero-order valence-electron chi connectivity index (χ0n) is 8.24. The molecule has 1 aromatic heterocycles. The molecule has 0 saturated heterocycles. The Morgan fingerprint density at radius 3 is 2.00 bits per heavy atom. The fourth-order valence-electron chi connectivity index (χ4n) is 1.18. The van der Waals surface area contributed by atoms with Crippen molar-refractivity contribution in [1.82, 2.24) is 4.98 Å². The molecule has 2 nitrogen and oxygen atoms in total. The quantitative estimate of drug-likeness (QED) is 0.666. The van der Waals surface area contributed by atoms with Crippen LogP contribution in [0, 0.1) is 18.3 Å². The third kappa shape index (κ3) is 2.67.